The number of amides is 1. The minimum Gasteiger partial charge on any atom is -0.619 e. The van der Waals surface area contributed by atoms with Gasteiger partial charge in [0, 0.05) is 11.8 Å². The van der Waals surface area contributed by atoms with E-state index in [4.69, 9.17) is 15.8 Å². The number of rotatable bonds is 5. The Balaban J connectivity index is 2.21. The average molecular weight is 394 g/mol. The maximum Gasteiger partial charge on any atom is 0.271 e. The molecule has 1 aromatic heterocycles. The number of sulfonamides is 1. The molecule has 0 fully saturated rings. The highest BCUT2D eigenvalue weighted by atomic mass is 32.2. The van der Waals surface area contributed by atoms with Crippen molar-refractivity contribution in [2.24, 2.45) is 0 Å². The van der Waals surface area contributed by atoms with Crippen molar-refractivity contribution in [2.75, 3.05) is 5.32 Å². The number of allylic oxidation sites excluding steroid dienone is 2. The predicted octanol–water partition coefficient (Wildman–Crippen LogP) is 0.675. The number of nitrogens with one attached hydrogen (secondary N) is 2. The minimum atomic E-state index is -4.22. The second-order valence-corrected chi connectivity index (χ2v) is 6.80. The van der Waals surface area contributed by atoms with E-state index in [-0.39, 0.29) is 21.8 Å². The number of carbonyl (C=O) groups is 1. The van der Waals surface area contributed by atoms with Gasteiger partial charge in [0.25, 0.3) is 15.9 Å². The summed E-state index contributed by atoms with van der Waals surface area (Å²) in [6.45, 7) is 0. The molecule has 2 rings (SSSR count). The second-order valence-electron chi connectivity index (χ2n) is 5.12. The van der Waals surface area contributed by atoms with Crippen molar-refractivity contribution in [3.05, 3.63) is 70.8 Å². The van der Waals surface area contributed by atoms with Gasteiger partial charge in [-0.25, -0.2) is 13.1 Å². The Morgan fingerprint density at radius 1 is 1.04 bits per heavy atom. The van der Waals surface area contributed by atoms with Crippen molar-refractivity contribution in [1.29, 1.82) is 15.8 Å². The van der Waals surface area contributed by atoms with Crippen molar-refractivity contribution in [1.82, 2.24) is 4.72 Å². The van der Waals surface area contributed by atoms with Gasteiger partial charge in [-0.05, 0) is 30.3 Å². The second kappa shape index (κ2) is 8.32. The maximum absolute atomic E-state index is 12.3. The Kier molecular flexibility index (Phi) is 5.92. The topological polar surface area (TPSA) is 174 Å². The lowest BCUT2D eigenvalue weighted by molar-refractivity contribution is -0.605. The first-order valence-corrected chi connectivity index (χ1v) is 8.86. The molecule has 1 amide bonds. The van der Waals surface area contributed by atoms with Crippen LogP contribution in [-0.4, -0.2) is 14.3 Å². The van der Waals surface area contributed by atoms with E-state index in [9.17, 15) is 18.4 Å². The highest BCUT2D eigenvalue weighted by molar-refractivity contribution is 7.90. The molecule has 0 spiro atoms. The van der Waals surface area contributed by atoms with Crippen LogP contribution in [0.4, 0.5) is 5.69 Å². The highest BCUT2D eigenvalue weighted by Crippen LogP contribution is 2.17. The number of carbonyl (C=O) groups excluding carboxylic acids is 1. The molecule has 28 heavy (non-hydrogen) atoms. The van der Waals surface area contributed by atoms with Gasteiger partial charge in [0.2, 0.25) is 0 Å². The van der Waals surface area contributed by atoms with E-state index in [2.05, 4.69) is 5.32 Å². The zero-order chi connectivity index (χ0) is 20.7. The summed E-state index contributed by atoms with van der Waals surface area (Å²) in [4.78, 5) is 11.8. The van der Waals surface area contributed by atoms with Gasteiger partial charge >= 0.3 is 0 Å². The summed E-state index contributed by atoms with van der Waals surface area (Å²) in [7, 11) is -4.22. The molecular formula is C17H10N6O4S. The van der Waals surface area contributed by atoms with Gasteiger partial charge in [0.05, 0.1) is 4.90 Å². The van der Waals surface area contributed by atoms with Crippen molar-refractivity contribution in [3.8, 4) is 18.2 Å². The molecule has 0 unspecified atom stereocenters. The van der Waals surface area contributed by atoms with Crippen molar-refractivity contribution < 1.29 is 17.9 Å². The molecular weight excluding hydrogens is 384 g/mol. The number of benzene rings is 1. The van der Waals surface area contributed by atoms with Crippen LogP contribution in [0.15, 0.2) is 65.0 Å². The Bertz CT molecular complexity index is 1170. The molecule has 0 atom stereocenters. The average Bonchev–Trinajstić information content (AvgIpc) is 2.68. The van der Waals surface area contributed by atoms with Crippen LogP contribution < -0.4 is 14.8 Å². The molecule has 0 saturated heterocycles. The number of pyridine rings is 1. The molecule has 0 aliphatic heterocycles. The largest absolute Gasteiger partial charge is 0.619 e. The summed E-state index contributed by atoms with van der Waals surface area (Å²) >= 11 is 0. The quantitative estimate of drug-likeness (QED) is 0.423. The van der Waals surface area contributed by atoms with Crippen LogP contribution in [-0.2, 0) is 10.0 Å². The van der Waals surface area contributed by atoms with Crippen molar-refractivity contribution in [2.45, 2.75) is 4.90 Å². The minimum absolute atomic E-state index is 0.135. The molecule has 2 N–H and O–H groups in total. The number of nitriles is 3. The monoisotopic (exact) mass is 394 g/mol. The molecule has 0 aliphatic carbocycles. The fourth-order valence-electron chi connectivity index (χ4n) is 1.97. The number of aromatic nitrogens is 1. The summed E-state index contributed by atoms with van der Waals surface area (Å²) in [6, 6.07) is 12.3. The van der Waals surface area contributed by atoms with Crippen LogP contribution in [0.1, 0.15) is 10.4 Å². The summed E-state index contributed by atoms with van der Waals surface area (Å²) in [5.41, 5.74) is -0.599. The van der Waals surface area contributed by atoms with Gasteiger partial charge in [0.15, 0.2) is 18.0 Å². The van der Waals surface area contributed by atoms with Gasteiger partial charge in [0.1, 0.15) is 29.5 Å². The fraction of sp³-hybridized carbons (Fsp3) is 0. The molecule has 1 heterocycles. The van der Waals surface area contributed by atoms with Crippen LogP contribution in [0.25, 0.3) is 0 Å². The third kappa shape index (κ3) is 4.61. The first-order chi connectivity index (χ1) is 13.3. The number of nitrogens with zero attached hydrogens (tertiary/aromatic N) is 4. The first-order valence-electron chi connectivity index (χ1n) is 7.38. The third-order valence-corrected chi connectivity index (χ3v) is 4.63. The Hall–Kier alpha value is -4.40. The molecule has 0 bridgehead atoms. The smallest absolute Gasteiger partial charge is 0.271 e. The van der Waals surface area contributed by atoms with E-state index in [0.29, 0.717) is 4.73 Å². The standard InChI is InChI=1S/C17H10N6O4S/c18-8-13(9-19)16(10-20)21-14-3-5-15(6-4-14)28(26,27)22-17(24)12-2-1-7-23(25)11-12/h1-7,11,21H,(H,22,24). The van der Waals surface area contributed by atoms with Crippen LogP contribution >= 0.6 is 0 Å². The van der Waals surface area contributed by atoms with E-state index in [0.717, 1.165) is 24.5 Å². The van der Waals surface area contributed by atoms with Crippen LogP contribution in [0, 0.1) is 39.2 Å². The molecule has 11 heteroatoms. The Morgan fingerprint density at radius 2 is 1.68 bits per heavy atom. The van der Waals surface area contributed by atoms with E-state index >= 15 is 0 Å². The van der Waals surface area contributed by atoms with Gasteiger partial charge in [-0.2, -0.15) is 20.5 Å². The van der Waals surface area contributed by atoms with Gasteiger partial charge in [-0.3, -0.25) is 4.79 Å². The lowest BCUT2D eigenvalue weighted by atomic mass is 10.2. The van der Waals surface area contributed by atoms with E-state index in [1.165, 1.54) is 24.3 Å². The summed E-state index contributed by atoms with van der Waals surface area (Å²) in [5.74, 6) is -0.977. The molecule has 138 valence electrons. The number of hydrogen-bond donors (Lipinski definition) is 2. The SMILES string of the molecule is N#CC(C#N)=C(C#N)Nc1ccc(S(=O)(=O)NC(=O)c2ccc[n+]([O-])c2)cc1. The lowest BCUT2D eigenvalue weighted by Gasteiger charge is -2.08. The molecule has 1 aromatic carbocycles. The fourth-order valence-corrected chi connectivity index (χ4v) is 2.95. The lowest BCUT2D eigenvalue weighted by Crippen LogP contribution is -2.33. The first kappa shape index (κ1) is 19.9. The summed E-state index contributed by atoms with van der Waals surface area (Å²) < 4.78 is 26.8. The Labute approximate surface area is 159 Å². The highest BCUT2D eigenvalue weighted by Gasteiger charge is 2.20. The zero-order valence-electron chi connectivity index (χ0n) is 13.9. The normalized spacial score (nSPS) is 9.89. The van der Waals surface area contributed by atoms with Gasteiger partial charge in [-0.1, -0.05) is 0 Å². The molecule has 2 aromatic rings. The van der Waals surface area contributed by atoms with E-state index in [1.54, 1.807) is 18.2 Å². The molecule has 10 nitrogen and oxygen atoms in total. The third-order valence-electron chi connectivity index (χ3n) is 3.28. The molecule has 0 aliphatic rings. The van der Waals surface area contributed by atoms with Gasteiger partial charge < -0.3 is 10.5 Å². The summed E-state index contributed by atoms with van der Waals surface area (Å²) in [5, 5.41) is 40.3. The Morgan fingerprint density at radius 3 is 2.21 bits per heavy atom. The maximum atomic E-state index is 12.3. The molecule has 0 saturated carbocycles. The number of hydrogen-bond acceptors (Lipinski definition) is 8. The predicted molar refractivity (Wildman–Crippen MR) is 94.0 cm³/mol. The van der Waals surface area contributed by atoms with Crippen molar-refractivity contribution in [3.63, 3.8) is 0 Å². The van der Waals surface area contributed by atoms with Crippen LogP contribution in [0.2, 0.25) is 0 Å². The van der Waals surface area contributed by atoms with Crippen LogP contribution in [0.3, 0.4) is 0 Å². The zero-order valence-corrected chi connectivity index (χ0v) is 14.8. The van der Waals surface area contributed by atoms with Gasteiger partial charge in [-0.15, -0.1) is 0 Å². The van der Waals surface area contributed by atoms with E-state index < -0.39 is 21.5 Å². The van der Waals surface area contributed by atoms with Crippen LogP contribution in [0.5, 0.6) is 0 Å². The molecule has 0 radical (unpaired) electrons. The van der Waals surface area contributed by atoms with Crippen molar-refractivity contribution >= 4 is 21.6 Å². The number of anilines is 1. The van der Waals surface area contributed by atoms with E-state index in [1.807, 2.05) is 4.72 Å². The summed E-state index contributed by atoms with van der Waals surface area (Å²) in [6.07, 6.45) is 2.07.